The van der Waals surface area contributed by atoms with Crippen LogP contribution in [-0.2, 0) is 9.47 Å². The number of aliphatic hydroxyl groups is 1. The summed E-state index contributed by atoms with van der Waals surface area (Å²) in [4.78, 5) is 0. The minimum atomic E-state index is -0.472. The molecule has 3 aliphatic heterocycles. The van der Waals surface area contributed by atoms with Crippen LogP contribution < -0.4 is 5.32 Å². The van der Waals surface area contributed by atoms with E-state index in [1.165, 1.54) is 12.8 Å². The Bertz CT molecular complexity index is 365. The van der Waals surface area contributed by atoms with Gasteiger partial charge in [0.2, 0.25) is 0 Å². The molecule has 3 fully saturated rings. The standard InChI is InChI=1S/C16H29NO3/c1-14(2)12(18)4-5-15(3,20-14)13-10-16(11-19-13)6-8-17-9-7-16/h12-13,17-18H,4-11H2,1-3H3/t12-,13+,15+/m0/s1. The van der Waals surface area contributed by atoms with Gasteiger partial charge in [0.1, 0.15) is 0 Å². The van der Waals surface area contributed by atoms with E-state index in [4.69, 9.17) is 9.47 Å². The Hall–Kier alpha value is -0.160. The van der Waals surface area contributed by atoms with Gasteiger partial charge in [0.25, 0.3) is 0 Å². The van der Waals surface area contributed by atoms with Crippen LogP contribution in [0.5, 0.6) is 0 Å². The number of ether oxygens (including phenoxy) is 2. The predicted octanol–water partition coefficient (Wildman–Crippen LogP) is 1.85. The van der Waals surface area contributed by atoms with Gasteiger partial charge in [-0.2, -0.15) is 0 Å². The molecule has 0 aromatic carbocycles. The first-order valence-electron chi connectivity index (χ1n) is 8.06. The molecule has 0 aliphatic carbocycles. The lowest BCUT2D eigenvalue weighted by atomic mass is 9.73. The lowest BCUT2D eigenvalue weighted by Gasteiger charge is -2.48. The lowest BCUT2D eigenvalue weighted by molar-refractivity contribution is -0.245. The van der Waals surface area contributed by atoms with E-state index in [1.807, 2.05) is 13.8 Å². The summed E-state index contributed by atoms with van der Waals surface area (Å²) in [6.45, 7) is 9.25. The summed E-state index contributed by atoms with van der Waals surface area (Å²) < 4.78 is 12.5. The van der Waals surface area contributed by atoms with Crippen molar-refractivity contribution in [1.29, 1.82) is 0 Å². The summed E-state index contributed by atoms with van der Waals surface area (Å²) in [6, 6.07) is 0. The fraction of sp³-hybridized carbons (Fsp3) is 1.00. The first-order valence-corrected chi connectivity index (χ1v) is 8.06. The molecule has 116 valence electrons. The zero-order chi connectivity index (χ0) is 14.4. The van der Waals surface area contributed by atoms with E-state index in [2.05, 4.69) is 12.2 Å². The van der Waals surface area contributed by atoms with Gasteiger partial charge in [-0.3, -0.25) is 0 Å². The second-order valence-electron chi connectivity index (χ2n) is 7.83. The molecule has 2 N–H and O–H groups in total. The highest BCUT2D eigenvalue weighted by atomic mass is 16.6. The number of piperidine rings is 1. The maximum Gasteiger partial charge on any atom is 0.0924 e. The fourth-order valence-corrected chi connectivity index (χ4v) is 4.20. The van der Waals surface area contributed by atoms with E-state index in [1.54, 1.807) is 0 Å². The third kappa shape index (κ3) is 2.52. The van der Waals surface area contributed by atoms with Gasteiger partial charge < -0.3 is 19.9 Å². The molecule has 3 heterocycles. The highest BCUT2D eigenvalue weighted by Gasteiger charge is 2.53. The Balaban J connectivity index is 1.70. The summed E-state index contributed by atoms with van der Waals surface area (Å²) in [5, 5.41) is 13.5. The zero-order valence-corrected chi connectivity index (χ0v) is 13.1. The molecule has 0 saturated carbocycles. The van der Waals surface area contributed by atoms with Crippen LogP contribution in [-0.4, -0.2) is 48.2 Å². The van der Waals surface area contributed by atoms with Crippen molar-refractivity contribution in [3.63, 3.8) is 0 Å². The van der Waals surface area contributed by atoms with Crippen molar-refractivity contribution < 1.29 is 14.6 Å². The fourth-order valence-electron chi connectivity index (χ4n) is 4.20. The Morgan fingerprint density at radius 3 is 2.45 bits per heavy atom. The molecule has 0 radical (unpaired) electrons. The number of aliphatic hydroxyl groups excluding tert-OH is 1. The predicted molar refractivity (Wildman–Crippen MR) is 77.7 cm³/mol. The van der Waals surface area contributed by atoms with Gasteiger partial charge in [-0.1, -0.05) is 0 Å². The number of rotatable bonds is 1. The SMILES string of the molecule is CC1(C)O[C@@](C)([C@H]2CC3(CCNCC3)CO2)CC[C@@H]1O. The van der Waals surface area contributed by atoms with Crippen molar-refractivity contribution >= 4 is 0 Å². The van der Waals surface area contributed by atoms with Gasteiger partial charge in [0.15, 0.2) is 0 Å². The zero-order valence-electron chi connectivity index (χ0n) is 13.1. The molecule has 20 heavy (non-hydrogen) atoms. The van der Waals surface area contributed by atoms with Gasteiger partial charge in [-0.25, -0.2) is 0 Å². The van der Waals surface area contributed by atoms with Crippen LogP contribution in [0.25, 0.3) is 0 Å². The van der Waals surface area contributed by atoms with Gasteiger partial charge in [-0.05, 0) is 71.4 Å². The van der Waals surface area contributed by atoms with Crippen molar-refractivity contribution in [2.75, 3.05) is 19.7 Å². The number of hydrogen-bond donors (Lipinski definition) is 2. The molecular formula is C16H29NO3. The normalized spacial score (nSPS) is 43.8. The van der Waals surface area contributed by atoms with Crippen LogP contribution in [0.2, 0.25) is 0 Å². The van der Waals surface area contributed by atoms with E-state index >= 15 is 0 Å². The Morgan fingerprint density at radius 2 is 1.80 bits per heavy atom. The van der Waals surface area contributed by atoms with Crippen LogP contribution in [0.15, 0.2) is 0 Å². The highest BCUT2D eigenvalue weighted by Crippen LogP contribution is 2.48. The van der Waals surface area contributed by atoms with Gasteiger partial charge in [-0.15, -0.1) is 0 Å². The van der Waals surface area contributed by atoms with Gasteiger partial charge in [0.05, 0.1) is 30.0 Å². The molecule has 0 unspecified atom stereocenters. The van der Waals surface area contributed by atoms with E-state index in [0.717, 1.165) is 39.0 Å². The van der Waals surface area contributed by atoms with Gasteiger partial charge >= 0.3 is 0 Å². The average molecular weight is 283 g/mol. The third-order valence-corrected chi connectivity index (χ3v) is 5.77. The first-order chi connectivity index (χ1) is 9.35. The second-order valence-corrected chi connectivity index (χ2v) is 7.83. The van der Waals surface area contributed by atoms with Gasteiger partial charge in [0, 0.05) is 0 Å². The second kappa shape index (κ2) is 4.94. The van der Waals surface area contributed by atoms with Crippen LogP contribution in [0.4, 0.5) is 0 Å². The summed E-state index contributed by atoms with van der Waals surface area (Å²) in [7, 11) is 0. The van der Waals surface area contributed by atoms with E-state index in [9.17, 15) is 5.11 Å². The summed E-state index contributed by atoms with van der Waals surface area (Å²) in [6.07, 6.45) is 5.03. The van der Waals surface area contributed by atoms with Crippen molar-refractivity contribution in [1.82, 2.24) is 5.32 Å². The quantitative estimate of drug-likeness (QED) is 0.771. The minimum absolute atomic E-state index is 0.173. The monoisotopic (exact) mass is 283 g/mol. The summed E-state index contributed by atoms with van der Waals surface area (Å²) in [5.74, 6) is 0. The molecule has 0 aromatic heterocycles. The first kappa shape index (κ1) is 14.8. The summed E-state index contributed by atoms with van der Waals surface area (Å²) in [5.41, 5.74) is -0.361. The smallest absolute Gasteiger partial charge is 0.0924 e. The van der Waals surface area contributed by atoms with Crippen molar-refractivity contribution in [2.24, 2.45) is 5.41 Å². The van der Waals surface area contributed by atoms with Crippen molar-refractivity contribution in [3.8, 4) is 0 Å². The van der Waals surface area contributed by atoms with Crippen LogP contribution >= 0.6 is 0 Å². The number of hydrogen-bond acceptors (Lipinski definition) is 4. The topological polar surface area (TPSA) is 50.7 Å². The largest absolute Gasteiger partial charge is 0.390 e. The van der Waals surface area contributed by atoms with E-state index in [-0.39, 0.29) is 17.8 Å². The highest BCUT2D eigenvalue weighted by molar-refractivity contribution is 5.02. The molecule has 0 bridgehead atoms. The molecular weight excluding hydrogens is 254 g/mol. The molecule has 3 rings (SSSR count). The Kier molecular flexibility index (Phi) is 3.65. The number of nitrogens with one attached hydrogen (secondary N) is 1. The molecule has 3 saturated heterocycles. The maximum atomic E-state index is 10.1. The molecule has 4 heteroatoms. The van der Waals surface area contributed by atoms with E-state index in [0.29, 0.717) is 5.41 Å². The molecule has 0 amide bonds. The Labute approximate surface area is 122 Å². The average Bonchev–Trinajstić information content (AvgIpc) is 2.80. The molecule has 0 aromatic rings. The molecule has 3 atom stereocenters. The Morgan fingerprint density at radius 1 is 1.10 bits per heavy atom. The van der Waals surface area contributed by atoms with E-state index < -0.39 is 5.60 Å². The molecule has 1 spiro atoms. The minimum Gasteiger partial charge on any atom is -0.390 e. The lowest BCUT2D eigenvalue weighted by Crippen LogP contribution is -2.56. The maximum absolute atomic E-state index is 10.1. The molecule has 4 nitrogen and oxygen atoms in total. The molecule has 3 aliphatic rings. The van der Waals surface area contributed by atoms with Crippen molar-refractivity contribution in [3.05, 3.63) is 0 Å². The van der Waals surface area contributed by atoms with Crippen LogP contribution in [0.1, 0.15) is 52.9 Å². The van der Waals surface area contributed by atoms with Crippen LogP contribution in [0.3, 0.4) is 0 Å². The van der Waals surface area contributed by atoms with Crippen molar-refractivity contribution in [2.45, 2.75) is 76.3 Å². The third-order valence-electron chi connectivity index (χ3n) is 5.77. The summed E-state index contributed by atoms with van der Waals surface area (Å²) >= 11 is 0. The van der Waals surface area contributed by atoms with Crippen LogP contribution in [0, 0.1) is 5.41 Å².